The van der Waals surface area contributed by atoms with E-state index in [1.807, 2.05) is 60.7 Å². The Balaban J connectivity index is 1.85. The molecule has 3 aromatic carbocycles. The van der Waals surface area contributed by atoms with Crippen LogP contribution in [0, 0.1) is 11.3 Å². The number of para-hydroxylation sites is 1. The molecular formula is C21H17N3O. The van der Waals surface area contributed by atoms with Gasteiger partial charge in [-0.05, 0) is 35.9 Å². The number of carbonyl (C=O) groups excluding carboxylic acids is 1. The molecule has 1 N–H and O–H groups in total. The smallest absolute Gasteiger partial charge is 0.307 e. The lowest BCUT2D eigenvalue weighted by Gasteiger charge is -2.23. The minimum Gasteiger partial charge on any atom is -0.307 e. The molecule has 2 amide bonds. The molecule has 0 fully saturated rings. The topological polar surface area (TPSA) is 56.1 Å². The number of hydrogen-bond acceptors (Lipinski definition) is 2. The summed E-state index contributed by atoms with van der Waals surface area (Å²) in [5.41, 5.74) is 2.94. The van der Waals surface area contributed by atoms with Gasteiger partial charge in [0.25, 0.3) is 0 Å². The molecule has 0 saturated heterocycles. The van der Waals surface area contributed by atoms with Crippen LogP contribution < -0.4 is 10.2 Å². The lowest BCUT2D eigenvalue weighted by molar-refractivity contribution is 0.256. The summed E-state index contributed by atoms with van der Waals surface area (Å²) in [4.78, 5) is 14.5. The van der Waals surface area contributed by atoms with E-state index in [0.717, 1.165) is 11.3 Å². The van der Waals surface area contributed by atoms with Crippen LogP contribution in [0.2, 0.25) is 0 Å². The number of anilines is 2. The van der Waals surface area contributed by atoms with E-state index >= 15 is 0 Å². The van der Waals surface area contributed by atoms with Gasteiger partial charge in [0.15, 0.2) is 0 Å². The van der Waals surface area contributed by atoms with Gasteiger partial charge < -0.3 is 5.32 Å². The number of nitrogens with one attached hydrogen (secondary N) is 1. The summed E-state index contributed by atoms with van der Waals surface area (Å²) in [6, 6.07) is 28.0. The number of hydrogen-bond donors (Lipinski definition) is 1. The van der Waals surface area contributed by atoms with E-state index in [1.54, 1.807) is 29.2 Å². The van der Waals surface area contributed by atoms with Crippen molar-refractivity contribution in [3.63, 3.8) is 0 Å². The maximum absolute atomic E-state index is 12.8. The van der Waals surface area contributed by atoms with Crippen LogP contribution in [0.1, 0.15) is 11.1 Å². The van der Waals surface area contributed by atoms with Crippen molar-refractivity contribution in [3.8, 4) is 6.07 Å². The Hall–Kier alpha value is -3.58. The van der Waals surface area contributed by atoms with Crippen LogP contribution in [0.4, 0.5) is 16.2 Å². The molecule has 3 aromatic rings. The average molecular weight is 327 g/mol. The number of urea groups is 1. The van der Waals surface area contributed by atoms with Crippen molar-refractivity contribution in [3.05, 3.63) is 96.1 Å². The van der Waals surface area contributed by atoms with Gasteiger partial charge in [0.05, 0.1) is 18.2 Å². The predicted molar refractivity (Wildman–Crippen MR) is 99.2 cm³/mol. The molecular weight excluding hydrogens is 310 g/mol. The second kappa shape index (κ2) is 7.80. The summed E-state index contributed by atoms with van der Waals surface area (Å²) >= 11 is 0. The summed E-state index contributed by atoms with van der Waals surface area (Å²) in [5, 5.41) is 11.9. The summed E-state index contributed by atoms with van der Waals surface area (Å²) in [5.74, 6) is 0. The van der Waals surface area contributed by atoms with Crippen molar-refractivity contribution in [2.75, 3.05) is 10.2 Å². The van der Waals surface area contributed by atoms with Gasteiger partial charge >= 0.3 is 6.03 Å². The molecule has 122 valence electrons. The van der Waals surface area contributed by atoms with Crippen LogP contribution in [0.15, 0.2) is 84.9 Å². The highest BCUT2D eigenvalue weighted by Gasteiger charge is 2.16. The first-order valence-electron chi connectivity index (χ1n) is 7.94. The normalized spacial score (nSPS) is 9.88. The second-order valence-electron chi connectivity index (χ2n) is 5.53. The molecule has 3 rings (SSSR count). The van der Waals surface area contributed by atoms with Gasteiger partial charge in [0.2, 0.25) is 0 Å². The van der Waals surface area contributed by atoms with Crippen LogP contribution in [0.3, 0.4) is 0 Å². The monoisotopic (exact) mass is 327 g/mol. The van der Waals surface area contributed by atoms with Gasteiger partial charge in [-0.15, -0.1) is 0 Å². The molecule has 4 nitrogen and oxygen atoms in total. The lowest BCUT2D eigenvalue weighted by atomic mass is 10.2. The largest absolute Gasteiger partial charge is 0.326 e. The molecule has 25 heavy (non-hydrogen) atoms. The molecule has 0 saturated carbocycles. The number of rotatable bonds is 4. The Morgan fingerprint density at radius 1 is 0.920 bits per heavy atom. The Morgan fingerprint density at radius 3 is 2.28 bits per heavy atom. The standard InChI is InChI=1S/C21H17N3O/c22-15-18-10-7-11-19(14-18)23-21(25)24(20-12-5-2-6-13-20)16-17-8-3-1-4-9-17/h1-14H,16H2,(H,23,25). The molecule has 0 unspecified atom stereocenters. The first-order valence-corrected chi connectivity index (χ1v) is 7.94. The fourth-order valence-corrected chi connectivity index (χ4v) is 2.51. The molecule has 0 aliphatic carbocycles. The van der Waals surface area contributed by atoms with Crippen molar-refractivity contribution >= 4 is 17.4 Å². The third-order valence-electron chi connectivity index (χ3n) is 3.74. The van der Waals surface area contributed by atoms with E-state index < -0.39 is 0 Å². The summed E-state index contributed by atoms with van der Waals surface area (Å²) in [6.45, 7) is 0.453. The van der Waals surface area contributed by atoms with Crippen LogP contribution in [-0.2, 0) is 6.54 Å². The Kier molecular flexibility index (Phi) is 5.08. The van der Waals surface area contributed by atoms with Crippen molar-refractivity contribution in [2.45, 2.75) is 6.54 Å². The van der Waals surface area contributed by atoms with Gasteiger partial charge in [-0.25, -0.2) is 4.79 Å². The zero-order valence-corrected chi connectivity index (χ0v) is 13.6. The maximum atomic E-state index is 12.8. The molecule has 0 aromatic heterocycles. The van der Waals surface area contributed by atoms with E-state index in [0.29, 0.717) is 17.8 Å². The van der Waals surface area contributed by atoms with E-state index in [4.69, 9.17) is 5.26 Å². The molecule has 0 atom stereocenters. The van der Waals surface area contributed by atoms with Crippen LogP contribution in [0.25, 0.3) is 0 Å². The first-order chi connectivity index (χ1) is 12.3. The molecule has 4 heteroatoms. The lowest BCUT2D eigenvalue weighted by Crippen LogP contribution is -2.34. The van der Waals surface area contributed by atoms with E-state index in [1.165, 1.54) is 0 Å². The Bertz CT molecular complexity index is 886. The van der Waals surface area contributed by atoms with Gasteiger partial charge in [-0.3, -0.25) is 4.90 Å². The van der Waals surface area contributed by atoms with E-state index in [9.17, 15) is 4.79 Å². The van der Waals surface area contributed by atoms with Gasteiger partial charge in [0, 0.05) is 11.4 Å². The van der Waals surface area contributed by atoms with E-state index in [-0.39, 0.29) is 6.03 Å². The summed E-state index contributed by atoms with van der Waals surface area (Å²) in [7, 11) is 0. The SMILES string of the molecule is N#Cc1cccc(NC(=O)N(Cc2ccccc2)c2ccccc2)c1. The van der Waals surface area contributed by atoms with Crippen molar-refractivity contribution in [1.82, 2.24) is 0 Å². The number of nitrogens with zero attached hydrogens (tertiary/aromatic N) is 2. The molecule has 0 radical (unpaired) electrons. The number of amides is 2. The highest BCUT2D eigenvalue weighted by molar-refractivity contribution is 6.01. The van der Waals surface area contributed by atoms with E-state index in [2.05, 4.69) is 11.4 Å². The van der Waals surface area contributed by atoms with Gasteiger partial charge in [-0.2, -0.15) is 5.26 Å². The van der Waals surface area contributed by atoms with Crippen LogP contribution in [-0.4, -0.2) is 6.03 Å². The number of benzene rings is 3. The quantitative estimate of drug-likeness (QED) is 0.748. The molecule has 0 heterocycles. The second-order valence-corrected chi connectivity index (χ2v) is 5.53. The number of nitriles is 1. The molecule has 0 aliphatic heterocycles. The zero-order chi connectivity index (χ0) is 17.5. The fraction of sp³-hybridized carbons (Fsp3) is 0.0476. The highest BCUT2D eigenvalue weighted by atomic mass is 16.2. The minimum atomic E-state index is -0.245. The number of carbonyl (C=O) groups is 1. The maximum Gasteiger partial charge on any atom is 0.326 e. The summed E-state index contributed by atoms with van der Waals surface area (Å²) < 4.78 is 0. The molecule has 0 bridgehead atoms. The van der Waals surface area contributed by atoms with Crippen LogP contribution >= 0.6 is 0 Å². The third kappa shape index (κ3) is 4.24. The van der Waals surface area contributed by atoms with Crippen LogP contribution in [0.5, 0.6) is 0 Å². The molecule has 0 spiro atoms. The Morgan fingerprint density at radius 2 is 1.60 bits per heavy atom. The van der Waals surface area contributed by atoms with Crippen molar-refractivity contribution in [2.24, 2.45) is 0 Å². The third-order valence-corrected chi connectivity index (χ3v) is 3.74. The van der Waals surface area contributed by atoms with Gasteiger partial charge in [-0.1, -0.05) is 54.6 Å². The first kappa shape index (κ1) is 16.3. The predicted octanol–water partition coefficient (Wildman–Crippen LogP) is 4.80. The van der Waals surface area contributed by atoms with Crippen molar-refractivity contribution in [1.29, 1.82) is 5.26 Å². The van der Waals surface area contributed by atoms with Gasteiger partial charge in [0.1, 0.15) is 0 Å². The zero-order valence-electron chi connectivity index (χ0n) is 13.6. The Labute approximate surface area is 147 Å². The summed E-state index contributed by atoms with van der Waals surface area (Å²) in [6.07, 6.45) is 0. The average Bonchev–Trinajstić information content (AvgIpc) is 2.67. The minimum absolute atomic E-state index is 0.245. The molecule has 0 aliphatic rings. The van der Waals surface area contributed by atoms with Crippen molar-refractivity contribution < 1.29 is 4.79 Å². The highest BCUT2D eigenvalue weighted by Crippen LogP contribution is 2.19. The fourth-order valence-electron chi connectivity index (χ4n) is 2.51.